The molecule has 0 saturated heterocycles. The quantitative estimate of drug-likeness (QED) is 0.543. The zero-order valence-electron chi connectivity index (χ0n) is 11.2. The number of rotatable bonds is 4. The maximum Gasteiger partial charge on any atom is 0.191 e. The Hall–Kier alpha value is 0.951. The minimum Gasteiger partial charge on any atom is -0.415 e. The second-order valence-corrected chi connectivity index (χ2v) is 9.04. The van der Waals surface area contributed by atoms with E-state index in [1.807, 2.05) is 0 Å². The fourth-order valence-corrected chi connectivity index (χ4v) is 4.17. The first-order chi connectivity index (χ1) is 6.43. The standard InChI is InChI=1S/C12H21OSi.2ClH.Ti/c1-10(2)13-14(4,5)11(3)12-8-6-7-9-12;;;/h6,8,10-11H,7H2,1-5H3;2*1H;/q-1;;;. The van der Waals surface area contributed by atoms with Gasteiger partial charge in [0.2, 0.25) is 0 Å². The minimum absolute atomic E-state index is 0. The van der Waals surface area contributed by atoms with Gasteiger partial charge < -0.3 is 4.43 Å². The predicted molar refractivity (Wildman–Crippen MR) is 78.1 cm³/mol. The van der Waals surface area contributed by atoms with Crippen LogP contribution in [0.2, 0.25) is 18.6 Å². The summed E-state index contributed by atoms with van der Waals surface area (Å²) < 4.78 is 6.06. The van der Waals surface area contributed by atoms with Crippen LogP contribution in [0.4, 0.5) is 0 Å². The summed E-state index contributed by atoms with van der Waals surface area (Å²) in [5.74, 6) is 0. The van der Waals surface area contributed by atoms with Crippen LogP contribution in [0.5, 0.6) is 0 Å². The topological polar surface area (TPSA) is 9.23 Å². The first kappa shape index (κ1) is 23.1. The molecule has 0 fully saturated rings. The summed E-state index contributed by atoms with van der Waals surface area (Å²) in [6.07, 6.45) is 9.08. The molecule has 0 aromatic heterocycles. The van der Waals surface area contributed by atoms with E-state index in [0.29, 0.717) is 11.6 Å². The Labute approximate surface area is 134 Å². The van der Waals surface area contributed by atoms with Crippen LogP contribution in [0.1, 0.15) is 27.2 Å². The van der Waals surface area contributed by atoms with Crippen molar-refractivity contribution in [1.82, 2.24) is 0 Å². The number of halogens is 2. The van der Waals surface area contributed by atoms with E-state index in [1.54, 1.807) is 0 Å². The molecule has 0 saturated carbocycles. The van der Waals surface area contributed by atoms with Crippen LogP contribution >= 0.6 is 24.8 Å². The summed E-state index contributed by atoms with van der Waals surface area (Å²) in [7, 11) is -1.59. The average Bonchev–Trinajstić information content (AvgIpc) is 2.51. The van der Waals surface area contributed by atoms with Gasteiger partial charge in [-0.1, -0.05) is 6.92 Å². The molecular weight excluding hydrogens is 307 g/mol. The third-order valence-corrected chi connectivity index (χ3v) is 6.25. The van der Waals surface area contributed by atoms with Crippen molar-refractivity contribution in [2.45, 2.75) is 51.9 Å². The van der Waals surface area contributed by atoms with Crippen LogP contribution in [0.15, 0.2) is 17.7 Å². The van der Waals surface area contributed by atoms with E-state index < -0.39 is 8.32 Å². The molecule has 1 aliphatic rings. The first-order valence-electron chi connectivity index (χ1n) is 5.38. The van der Waals surface area contributed by atoms with Gasteiger partial charge in [-0.3, -0.25) is 6.08 Å². The number of hydrogen-bond donors (Lipinski definition) is 0. The fraction of sp³-hybridized carbons (Fsp3) is 0.667. The summed E-state index contributed by atoms with van der Waals surface area (Å²) in [5, 5.41) is 0. The second-order valence-electron chi connectivity index (χ2n) is 4.73. The molecule has 17 heavy (non-hydrogen) atoms. The van der Waals surface area contributed by atoms with E-state index in [-0.39, 0.29) is 46.5 Å². The molecule has 1 nitrogen and oxygen atoms in total. The van der Waals surface area contributed by atoms with Crippen LogP contribution in [-0.2, 0) is 26.1 Å². The number of allylic oxidation sites excluding steroid dienone is 4. The Kier molecular flexibility index (Phi) is 13.3. The summed E-state index contributed by atoms with van der Waals surface area (Å²) in [4.78, 5) is 0. The first-order valence-corrected chi connectivity index (χ1v) is 8.37. The minimum atomic E-state index is -1.59. The zero-order valence-corrected chi connectivity index (χ0v) is 15.4. The third kappa shape index (κ3) is 7.19. The Balaban J connectivity index is -0.000000653. The molecule has 5 heteroatoms. The van der Waals surface area contributed by atoms with Crippen molar-refractivity contribution in [2.75, 3.05) is 0 Å². The van der Waals surface area contributed by atoms with Crippen molar-refractivity contribution in [3.8, 4) is 0 Å². The summed E-state index contributed by atoms with van der Waals surface area (Å²) in [5.41, 5.74) is 1.89. The van der Waals surface area contributed by atoms with Gasteiger partial charge >= 0.3 is 0 Å². The van der Waals surface area contributed by atoms with Crippen molar-refractivity contribution in [2.24, 2.45) is 0 Å². The van der Waals surface area contributed by atoms with Crippen LogP contribution in [0, 0.1) is 6.08 Å². The van der Waals surface area contributed by atoms with Crippen LogP contribution in [0.25, 0.3) is 0 Å². The van der Waals surface area contributed by atoms with E-state index in [9.17, 15) is 0 Å². The van der Waals surface area contributed by atoms with E-state index >= 15 is 0 Å². The van der Waals surface area contributed by atoms with Crippen LogP contribution < -0.4 is 0 Å². The fourth-order valence-electron chi connectivity index (χ4n) is 1.80. The molecule has 0 aromatic rings. The van der Waals surface area contributed by atoms with Crippen molar-refractivity contribution >= 4 is 33.1 Å². The van der Waals surface area contributed by atoms with Gasteiger partial charge in [0.25, 0.3) is 0 Å². The maximum atomic E-state index is 6.06. The Morgan fingerprint density at radius 3 is 2.12 bits per heavy atom. The molecule has 100 valence electrons. The van der Waals surface area contributed by atoms with Gasteiger partial charge in [-0.05, 0) is 32.5 Å². The van der Waals surface area contributed by atoms with E-state index in [1.165, 1.54) is 5.57 Å². The Morgan fingerprint density at radius 2 is 1.76 bits per heavy atom. The molecule has 0 heterocycles. The van der Waals surface area contributed by atoms with Crippen LogP contribution in [0.3, 0.4) is 0 Å². The summed E-state index contributed by atoms with van der Waals surface area (Å²) in [6, 6.07) is 0. The van der Waals surface area contributed by atoms with Crippen molar-refractivity contribution in [3.63, 3.8) is 0 Å². The van der Waals surface area contributed by atoms with Gasteiger partial charge in [-0.25, -0.2) is 11.6 Å². The monoisotopic (exact) mass is 329 g/mol. The average molecular weight is 330 g/mol. The van der Waals surface area contributed by atoms with Crippen molar-refractivity contribution in [1.29, 1.82) is 0 Å². The van der Waals surface area contributed by atoms with Gasteiger partial charge in [-0.2, -0.15) is 6.08 Å². The van der Waals surface area contributed by atoms with Gasteiger partial charge in [-0.15, -0.1) is 31.2 Å². The van der Waals surface area contributed by atoms with Crippen molar-refractivity contribution in [3.05, 3.63) is 23.8 Å². The van der Waals surface area contributed by atoms with Gasteiger partial charge in [0.15, 0.2) is 8.32 Å². The molecule has 0 N–H and O–H groups in total. The summed E-state index contributed by atoms with van der Waals surface area (Å²) in [6.45, 7) is 11.1. The molecular formula is C12H23Cl2OSiTi-. The normalized spacial score (nSPS) is 15.5. The summed E-state index contributed by atoms with van der Waals surface area (Å²) >= 11 is 0. The van der Waals surface area contributed by atoms with Gasteiger partial charge in [0, 0.05) is 27.8 Å². The SMILES string of the molecule is CC(C)O[Si](C)(C)C(C)C1=[C-]CC=C1.Cl.Cl.[Ti]. The molecule has 1 rings (SSSR count). The third-order valence-electron chi connectivity index (χ3n) is 2.77. The van der Waals surface area contributed by atoms with Crippen molar-refractivity contribution < 1.29 is 26.1 Å². The molecule has 0 bridgehead atoms. The zero-order chi connectivity index (χ0) is 10.8. The number of hydrogen-bond acceptors (Lipinski definition) is 1. The molecule has 0 amide bonds. The smallest absolute Gasteiger partial charge is 0.191 e. The maximum absolute atomic E-state index is 6.06. The molecule has 0 aromatic carbocycles. The molecule has 0 spiro atoms. The van der Waals surface area contributed by atoms with Crippen LogP contribution in [-0.4, -0.2) is 14.4 Å². The largest absolute Gasteiger partial charge is 0.415 e. The Morgan fingerprint density at radius 1 is 1.24 bits per heavy atom. The second kappa shape index (κ2) is 9.83. The predicted octanol–water partition coefficient (Wildman–Crippen LogP) is 4.54. The molecule has 1 aliphatic carbocycles. The van der Waals surface area contributed by atoms with E-state index in [0.717, 1.165) is 6.42 Å². The van der Waals surface area contributed by atoms with Gasteiger partial charge in [0.05, 0.1) is 0 Å². The molecule has 1 atom stereocenters. The van der Waals surface area contributed by atoms with E-state index in [2.05, 4.69) is 52.1 Å². The Bertz CT molecular complexity index is 265. The molecule has 0 aliphatic heterocycles. The molecule has 0 radical (unpaired) electrons. The van der Waals surface area contributed by atoms with E-state index in [4.69, 9.17) is 4.43 Å². The molecule has 1 unspecified atom stereocenters. The van der Waals surface area contributed by atoms with Gasteiger partial charge in [0.1, 0.15) is 0 Å².